The molecule has 0 amide bonds. The van der Waals surface area contributed by atoms with Gasteiger partial charge in [-0.05, 0) is 31.4 Å². The highest BCUT2D eigenvalue weighted by molar-refractivity contribution is 6.28. The molecule has 0 radical (unpaired) electrons. The van der Waals surface area contributed by atoms with Crippen molar-refractivity contribution >= 4 is 11.6 Å². The molecule has 0 aliphatic heterocycles. The van der Waals surface area contributed by atoms with Crippen molar-refractivity contribution in [2.75, 3.05) is 0 Å². The Bertz CT molecular complexity index is 541. The van der Waals surface area contributed by atoms with Crippen molar-refractivity contribution < 1.29 is 0 Å². The molecule has 3 nitrogen and oxygen atoms in total. The normalized spacial score (nSPS) is 18.1. The molecule has 1 heterocycles. The Morgan fingerprint density at radius 1 is 1.11 bits per heavy atom. The van der Waals surface area contributed by atoms with Gasteiger partial charge in [0, 0.05) is 11.1 Å². The van der Waals surface area contributed by atoms with Crippen LogP contribution >= 0.6 is 11.6 Å². The smallest absolute Gasteiger partial charge is 0.225 e. The Morgan fingerprint density at radius 3 is 2.44 bits per heavy atom. The highest BCUT2D eigenvalue weighted by Gasteiger charge is 2.34. The van der Waals surface area contributed by atoms with Crippen LogP contribution in [0.1, 0.15) is 32.6 Å². The first-order chi connectivity index (χ1) is 8.71. The average Bonchev–Trinajstić information content (AvgIpc) is 2.98. The van der Waals surface area contributed by atoms with Gasteiger partial charge >= 0.3 is 0 Å². The van der Waals surface area contributed by atoms with E-state index >= 15 is 0 Å². The minimum Gasteiger partial charge on any atom is -0.292 e. The molecule has 1 fully saturated rings. The van der Waals surface area contributed by atoms with E-state index in [4.69, 9.17) is 11.6 Å². The second kappa shape index (κ2) is 4.39. The van der Waals surface area contributed by atoms with Gasteiger partial charge in [0.1, 0.15) is 0 Å². The van der Waals surface area contributed by atoms with Gasteiger partial charge in [-0.15, -0.1) is 10.2 Å². The lowest BCUT2D eigenvalue weighted by molar-refractivity contribution is 0.332. The van der Waals surface area contributed by atoms with Crippen LogP contribution in [-0.2, 0) is 5.54 Å². The number of hydrogen-bond donors (Lipinski definition) is 0. The Morgan fingerprint density at radius 2 is 1.78 bits per heavy atom. The summed E-state index contributed by atoms with van der Waals surface area (Å²) in [5.41, 5.74) is 1.14. The van der Waals surface area contributed by atoms with Crippen LogP contribution in [0.2, 0.25) is 5.28 Å². The summed E-state index contributed by atoms with van der Waals surface area (Å²) in [6.07, 6.45) is 4.79. The number of rotatable bonds is 2. The summed E-state index contributed by atoms with van der Waals surface area (Å²) in [6.45, 7) is 2.25. The third-order valence-corrected chi connectivity index (χ3v) is 4.12. The van der Waals surface area contributed by atoms with E-state index in [1.165, 1.54) is 12.8 Å². The summed E-state index contributed by atoms with van der Waals surface area (Å²) >= 11 is 6.25. The first-order valence-corrected chi connectivity index (χ1v) is 6.75. The van der Waals surface area contributed by atoms with Crippen molar-refractivity contribution in [1.82, 2.24) is 14.8 Å². The van der Waals surface area contributed by atoms with E-state index in [2.05, 4.69) is 33.8 Å². The molecule has 0 unspecified atom stereocenters. The number of hydrogen-bond acceptors (Lipinski definition) is 2. The van der Waals surface area contributed by atoms with Gasteiger partial charge in [-0.25, -0.2) is 0 Å². The minimum absolute atomic E-state index is 0.0613. The maximum absolute atomic E-state index is 6.25. The van der Waals surface area contributed by atoms with Crippen LogP contribution in [0, 0.1) is 0 Å². The van der Waals surface area contributed by atoms with Crippen LogP contribution in [0.25, 0.3) is 11.4 Å². The molecule has 0 saturated heterocycles. The minimum atomic E-state index is 0.0613. The summed E-state index contributed by atoms with van der Waals surface area (Å²) < 4.78 is 2.11. The summed E-state index contributed by atoms with van der Waals surface area (Å²) in [5, 5.41) is 8.82. The molecule has 4 heteroatoms. The van der Waals surface area contributed by atoms with Gasteiger partial charge in [0.15, 0.2) is 5.82 Å². The lowest BCUT2D eigenvalue weighted by Crippen LogP contribution is -2.27. The SMILES string of the molecule is CC1(n2c(Cl)nnc2-c2ccccc2)CCCC1. The fraction of sp³-hybridized carbons (Fsp3) is 0.429. The van der Waals surface area contributed by atoms with Crippen molar-refractivity contribution in [3.63, 3.8) is 0 Å². The zero-order chi connectivity index (χ0) is 12.6. The lowest BCUT2D eigenvalue weighted by atomic mass is 9.99. The number of halogens is 1. The summed E-state index contributed by atoms with van der Waals surface area (Å²) in [4.78, 5) is 0. The molecule has 0 bridgehead atoms. The number of aromatic nitrogens is 3. The van der Waals surface area contributed by atoms with Crippen LogP contribution < -0.4 is 0 Å². The van der Waals surface area contributed by atoms with E-state index in [9.17, 15) is 0 Å². The largest absolute Gasteiger partial charge is 0.292 e. The highest BCUT2D eigenvalue weighted by Crippen LogP contribution is 2.40. The lowest BCUT2D eigenvalue weighted by Gasteiger charge is -2.27. The molecule has 0 N–H and O–H groups in total. The molecule has 1 aromatic heterocycles. The first-order valence-electron chi connectivity index (χ1n) is 6.37. The van der Waals surface area contributed by atoms with E-state index in [1.807, 2.05) is 18.2 Å². The molecule has 18 heavy (non-hydrogen) atoms. The van der Waals surface area contributed by atoms with Gasteiger partial charge in [0.05, 0.1) is 0 Å². The quantitative estimate of drug-likeness (QED) is 0.821. The molecule has 3 rings (SSSR count). The van der Waals surface area contributed by atoms with Gasteiger partial charge in [0.25, 0.3) is 0 Å². The van der Waals surface area contributed by atoms with E-state index in [0.29, 0.717) is 5.28 Å². The maximum Gasteiger partial charge on any atom is 0.225 e. The Labute approximate surface area is 112 Å². The van der Waals surface area contributed by atoms with Gasteiger partial charge in [-0.3, -0.25) is 4.57 Å². The van der Waals surface area contributed by atoms with Crippen molar-refractivity contribution in [3.8, 4) is 11.4 Å². The van der Waals surface area contributed by atoms with Crippen LogP contribution in [0.4, 0.5) is 0 Å². The van der Waals surface area contributed by atoms with Gasteiger partial charge in [-0.2, -0.15) is 0 Å². The monoisotopic (exact) mass is 261 g/mol. The summed E-state index contributed by atoms with van der Waals surface area (Å²) in [7, 11) is 0. The molecular formula is C14H16ClN3. The van der Waals surface area contributed by atoms with Crippen molar-refractivity contribution in [2.24, 2.45) is 0 Å². The van der Waals surface area contributed by atoms with Crippen LogP contribution in [0.5, 0.6) is 0 Å². The van der Waals surface area contributed by atoms with Crippen LogP contribution in [0.3, 0.4) is 0 Å². The second-order valence-corrected chi connectivity index (χ2v) is 5.54. The zero-order valence-corrected chi connectivity index (χ0v) is 11.2. The Hall–Kier alpha value is -1.35. The molecule has 94 valence electrons. The van der Waals surface area contributed by atoms with E-state index < -0.39 is 0 Å². The van der Waals surface area contributed by atoms with Gasteiger partial charge in [0.2, 0.25) is 5.28 Å². The van der Waals surface area contributed by atoms with E-state index in [-0.39, 0.29) is 5.54 Å². The Balaban J connectivity index is 2.12. The van der Waals surface area contributed by atoms with Crippen molar-refractivity contribution in [3.05, 3.63) is 35.6 Å². The molecule has 0 atom stereocenters. The standard InChI is InChI=1S/C14H16ClN3/c1-14(9-5-6-10-14)18-12(16-17-13(18)15)11-7-3-2-4-8-11/h2-4,7-8H,5-6,9-10H2,1H3. The predicted octanol–water partition coefficient (Wildman–Crippen LogP) is 3.89. The van der Waals surface area contributed by atoms with Gasteiger partial charge < -0.3 is 0 Å². The molecule has 2 aromatic rings. The van der Waals surface area contributed by atoms with Gasteiger partial charge in [-0.1, -0.05) is 43.2 Å². The average molecular weight is 262 g/mol. The molecule has 1 saturated carbocycles. The van der Waals surface area contributed by atoms with E-state index in [1.54, 1.807) is 0 Å². The number of benzene rings is 1. The fourth-order valence-electron chi connectivity index (χ4n) is 2.88. The van der Waals surface area contributed by atoms with Crippen LogP contribution in [-0.4, -0.2) is 14.8 Å². The summed E-state index contributed by atoms with van der Waals surface area (Å²) in [5.74, 6) is 0.880. The third kappa shape index (κ3) is 1.83. The fourth-order valence-corrected chi connectivity index (χ4v) is 3.20. The predicted molar refractivity (Wildman–Crippen MR) is 72.6 cm³/mol. The first kappa shape index (κ1) is 11.7. The third-order valence-electron chi connectivity index (χ3n) is 3.88. The molecular weight excluding hydrogens is 246 g/mol. The molecule has 1 aliphatic carbocycles. The second-order valence-electron chi connectivity index (χ2n) is 5.20. The highest BCUT2D eigenvalue weighted by atomic mass is 35.5. The van der Waals surface area contributed by atoms with E-state index in [0.717, 1.165) is 24.2 Å². The molecule has 1 aliphatic rings. The molecule has 1 aromatic carbocycles. The van der Waals surface area contributed by atoms with Crippen molar-refractivity contribution in [2.45, 2.75) is 38.1 Å². The maximum atomic E-state index is 6.25. The summed E-state index contributed by atoms with van der Waals surface area (Å²) in [6, 6.07) is 10.1. The topological polar surface area (TPSA) is 30.7 Å². The molecule has 0 spiro atoms. The van der Waals surface area contributed by atoms with Crippen LogP contribution in [0.15, 0.2) is 30.3 Å². The Kier molecular flexibility index (Phi) is 2.86. The zero-order valence-electron chi connectivity index (χ0n) is 10.4. The number of nitrogens with zero attached hydrogens (tertiary/aromatic N) is 3. The van der Waals surface area contributed by atoms with Crippen molar-refractivity contribution in [1.29, 1.82) is 0 Å².